The minimum Gasteiger partial charge on any atom is -0.388 e. The molecule has 0 aliphatic carbocycles. The fourth-order valence-electron chi connectivity index (χ4n) is 1.00. The summed E-state index contributed by atoms with van der Waals surface area (Å²) in [6.45, 7) is 4.84. The maximum Gasteiger partial charge on any atom is 0.109 e. The topological polar surface area (TPSA) is 38.7 Å². The third kappa shape index (κ3) is 1.94. The Labute approximate surface area is 60.9 Å². The molecule has 3 heteroatoms. The van der Waals surface area contributed by atoms with Crippen LogP contribution in [0, 0.1) is 0 Å². The highest BCUT2D eigenvalue weighted by molar-refractivity contribution is 4.74. The van der Waals surface area contributed by atoms with Gasteiger partial charge in [-0.3, -0.25) is 0 Å². The lowest BCUT2D eigenvalue weighted by atomic mass is 10.2. The first-order chi connectivity index (χ1) is 4.70. The van der Waals surface area contributed by atoms with Crippen LogP contribution in [-0.4, -0.2) is 36.6 Å². The number of aliphatic hydroxyl groups excluding tert-OH is 1. The molecule has 1 aliphatic heterocycles. The zero-order valence-electron chi connectivity index (χ0n) is 6.41. The number of hydrogen-bond donors (Lipinski definition) is 1. The molecule has 1 heterocycles. The van der Waals surface area contributed by atoms with Gasteiger partial charge in [-0.25, -0.2) is 0 Å². The molecule has 3 nitrogen and oxygen atoms in total. The normalized spacial score (nSPS) is 33.6. The highest BCUT2D eigenvalue weighted by Gasteiger charge is 2.27. The van der Waals surface area contributed by atoms with Crippen LogP contribution in [0.3, 0.4) is 0 Å². The fourth-order valence-corrected chi connectivity index (χ4v) is 1.00. The van der Waals surface area contributed by atoms with Crippen molar-refractivity contribution in [3.05, 3.63) is 0 Å². The van der Waals surface area contributed by atoms with E-state index in [2.05, 4.69) is 0 Å². The second-order valence-corrected chi connectivity index (χ2v) is 2.83. The van der Waals surface area contributed by atoms with Gasteiger partial charge in [-0.15, -0.1) is 0 Å². The van der Waals surface area contributed by atoms with E-state index in [4.69, 9.17) is 9.47 Å². The minimum absolute atomic E-state index is 0.111. The van der Waals surface area contributed by atoms with Gasteiger partial charge in [-0.2, -0.15) is 0 Å². The number of rotatable bonds is 2. The lowest BCUT2D eigenvalue weighted by molar-refractivity contribution is -0.0410. The molecule has 0 spiro atoms. The number of ether oxygens (including phenoxy) is 2. The highest BCUT2D eigenvalue weighted by atomic mass is 16.6. The van der Waals surface area contributed by atoms with Crippen LogP contribution in [0.2, 0.25) is 0 Å². The second kappa shape index (κ2) is 3.32. The molecule has 0 aromatic rings. The van der Waals surface area contributed by atoms with E-state index in [9.17, 15) is 5.11 Å². The number of hydrogen-bond acceptors (Lipinski definition) is 3. The molecule has 0 saturated carbocycles. The minimum atomic E-state index is -0.428. The third-order valence-corrected chi connectivity index (χ3v) is 1.45. The van der Waals surface area contributed by atoms with Crippen LogP contribution in [0.1, 0.15) is 13.8 Å². The summed E-state index contributed by atoms with van der Waals surface area (Å²) in [7, 11) is 0. The SMILES string of the molecule is CC(C)O[C@@H]1COC[C@H]1O. The predicted octanol–water partition coefficient (Wildman–Crippen LogP) is 0.171. The molecule has 0 radical (unpaired) electrons. The van der Waals surface area contributed by atoms with E-state index in [1.807, 2.05) is 13.8 Å². The van der Waals surface area contributed by atoms with E-state index in [1.165, 1.54) is 0 Å². The maximum absolute atomic E-state index is 9.19. The molecule has 0 bridgehead atoms. The van der Waals surface area contributed by atoms with E-state index < -0.39 is 6.10 Å². The Bertz CT molecular complexity index is 103. The van der Waals surface area contributed by atoms with Gasteiger partial charge in [-0.1, -0.05) is 0 Å². The Morgan fingerprint density at radius 3 is 2.60 bits per heavy atom. The van der Waals surface area contributed by atoms with E-state index in [0.29, 0.717) is 13.2 Å². The van der Waals surface area contributed by atoms with Gasteiger partial charge in [0.1, 0.15) is 12.2 Å². The number of aliphatic hydroxyl groups is 1. The van der Waals surface area contributed by atoms with E-state index in [0.717, 1.165) is 0 Å². The van der Waals surface area contributed by atoms with E-state index in [-0.39, 0.29) is 12.2 Å². The zero-order chi connectivity index (χ0) is 7.56. The summed E-state index contributed by atoms with van der Waals surface area (Å²) >= 11 is 0. The van der Waals surface area contributed by atoms with E-state index >= 15 is 0 Å². The maximum atomic E-state index is 9.19. The Morgan fingerprint density at radius 2 is 2.20 bits per heavy atom. The van der Waals surface area contributed by atoms with Gasteiger partial charge in [0.25, 0.3) is 0 Å². The molecule has 10 heavy (non-hydrogen) atoms. The monoisotopic (exact) mass is 146 g/mol. The van der Waals surface area contributed by atoms with Crippen molar-refractivity contribution in [3.63, 3.8) is 0 Å². The average Bonchev–Trinajstić information content (AvgIpc) is 2.15. The quantitative estimate of drug-likeness (QED) is 0.603. The molecule has 1 rings (SSSR count). The summed E-state index contributed by atoms with van der Waals surface area (Å²) in [5.41, 5.74) is 0. The van der Waals surface area contributed by atoms with Crippen LogP contribution in [0.25, 0.3) is 0 Å². The Kier molecular flexibility index (Phi) is 2.65. The van der Waals surface area contributed by atoms with E-state index in [1.54, 1.807) is 0 Å². The summed E-state index contributed by atoms with van der Waals surface area (Å²) in [5.74, 6) is 0. The average molecular weight is 146 g/mol. The van der Waals surface area contributed by atoms with Crippen LogP contribution in [0.15, 0.2) is 0 Å². The molecule has 0 amide bonds. The Balaban J connectivity index is 2.26. The molecule has 60 valence electrons. The van der Waals surface area contributed by atoms with Crippen molar-refractivity contribution < 1.29 is 14.6 Å². The van der Waals surface area contributed by atoms with Crippen molar-refractivity contribution in [3.8, 4) is 0 Å². The van der Waals surface area contributed by atoms with Gasteiger partial charge in [-0.05, 0) is 13.8 Å². The summed E-state index contributed by atoms with van der Waals surface area (Å²) in [4.78, 5) is 0. The van der Waals surface area contributed by atoms with Gasteiger partial charge in [0.15, 0.2) is 0 Å². The lowest BCUT2D eigenvalue weighted by Gasteiger charge is -2.16. The van der Waals surface area contributed by atoms with Gasteiger partial charge < -0.3 is 14.6 Å². The fraction of sp³-hybridized carbons (Fsp3) is 1.00. The lowest BCUT2D eigenvalue weighted by Crippen LogP contribution is -2.29. The van der Waals surface area contributed by atoms with Gasteiger partial charge in [0.05, 0.1) is 19.3 Å². The zero-order valence-corrected chi connectivity index (χ0v) is 6.41. The highest BCUT2D eigenvalue weighted by Crippen LogP contribution is 2.10. The summed E-state index contributed by atoms with van der Waals surface area (Å²) in [5, 5.41) is 9.19. The third-order valence-electron chi connectivity index (χ3n) is 1.45. The molecule has 1 aliphatic rings. The van der Waals surface area contributed by atoms with Crippen LogP contribution >= 0.6 is 0 Å². The van der Waals surface area contributed by atoms with Crippen LogP contribution < -0.4 is 0 Å². The van der Waals surface area contributed by atoms with Crippen molar-refractivity contribution in [2.75, 3.05) is 13.2 Å². The largest absolute Gasteiger partial charge is 0.388 e. The molecular formula is C7H14O3. The van der Waals surface area contributed by atoms with Crippen molar-refractivity contribution in [2.24, 2.45) is 0 Å². The Morgan fingerprint density at radius 1 is 1.50 bits per heavy atom. The summed E-state index contributed by atoms with van der Waals surface area (Å²) < 4.78 is 10.3. The first-order valence-corrected chi connectivity index (χ1v) is 3.61. The smallest absolute Gasteiger partial charge is 0.109 e. The second-order valence-electron chi connectivity index (χ2n) is 2.83. The molecule has 0 aromatic carbocycles. The Hall–Kier alpha value is -0.120. The van der Waals surface area contributed by atoms with Crippen molar-refractivity contribution >= 4 is 0 Å². The van der Waals surface area contributed by atoms with Gasteiger partial charge >= 0.3 is 0 Å². The van der Waals surface area contributed by atoms with Crippen molar-refractivity contribution in [1.82, 2.24) is 0 Å². The molecular weight excluding hydrogens is 132 g/mol. The van der Waals surface area contributed by atoms with Crippen LogP contribution in [0.4, 0.5) is 0 Å². The van der Waals surface area contributed by atoms with Gasteiger partial charge in [0, 0.05) is 0 Å². The van der Waals surface area contributed by atoms with Crippen molar-refractivity contribution in [2.45, 2.75) is 32.2 Å². The standard InChI is InChI=1S/C7H14O3/c1-5(2)10-7-4-9-3-6(7)8/h5-8H,3-4H2,1-2H3/t6-,7-/m1/s1. The van der Waals surface area contributed by atoms with Gasteiger partial charge in [0.2, 0.25) is 0 Å². The molecule has 0 unspecified atom stereocenters. The first-order valence-electron chi connectivity index (χ1n) is 3.61. The summed E-state index contributed by atoms with van der Waals surface area (Å²) in [6.07, 6.45) is -0.372. The van der Waals surface area contributed by atoms with Crippen LogP contribution in [0.5, 0.6) is 0 Å². The van der Waals surface area contributed by atoms with Crippen molar-refractivity contribution in [1.29, 1.82) is 0 Å². The molecule has 0 aromatic heterocycles. The first kappa shape index (κ1) is 7.98. The predicted molar refractivity (Wildman–Crippen MR) is 36.8 cm³/mol. The van der Waals surface area contributed by atoms with Crippen LogP contribution in [-0.2, 0) is 9.47 Å². The molecule has 1 saturated heterocycles. The summed E-state index contributed by atoms with van der Waals surface area (Å²) in [6, 6.07) is 0. The molecule has 2 atom stereocenters. The molecule has 1 N–H and O–H groups in total. The molecule has 1 fully saturated rings.